The van der Waals surface area contributed by atoms with Crippen LogP contribution >= 0.6 is 0 Å². The number of halogens is 1. The first-order valence-electron chi connectivity index (χ1n) is 6.19. The Hall–Kier alpha value is -2.56. The van der Waals surface area contributed by atoms with Gasteiger partial charge in [-0.1, -0.05) is 0 Å². The summed E-state index contributed by atoms with van der Waals surface area (Å²) in [5.74, 6) is -0.381. The smallest absolute Gasteiger partial charge is 0.180 e. The zero-order valence-electron chi connectivity index (χ0n) is 11.1. The largest absolute Gasteiger partial charge is 0.293 e. The summed E-state index contributed by atoms with van der Waals surface area (Å²) >= 11 is 0. The molecule has 1 aromatic carbocycles. The lowest BCUT2D eigenvalue weighted by molar-refractivity contribution is 0.101. The molecule has 0 atom stereocenters. The van der Waals surface area contributed by atoms with Gasteiger partial charge >= 0.3 is 0 Å². The van der Waals surface area contributed by atoms with Crippen LogP contribution in [0, 0.1) is 12.7 Å². The minimum Gasteiger partial charge on any atom is -0.293 e. The first-order valence-corrected chi connectivity index (χ1v) is 6.19. The van der Waals surface area contributed by atoms with Gasteiger partial charge in [-0.2, -0.15) is 5.10 Å². The predicted molar refractivity (Wildman–Crippen MR) is 73.1 cm³/mol. The van der Waals surface area contributed by atoms with E-state index in [1.54, 1.807) is 22.7 Å². The van der Waals surface area contributed by atoms with Crippen LogP contribution in [0.4, 0.5) is 4.39 Å². The molecule has 100 valence electrons. The summed E-state index contributed by atoms with van der Waals surface area (Å²) in [6.45, 7) is 3.36. The molecule has 0 N–H and O–H groups in total. The molecular weight excluding hydrogens is 257 g/mol. The van der Waals surface area contributed by atoms with E-state index in [-0.39, 0.29) is 11.6 Å². The molecule has 0 aliphatic rings. The van der Waals surface area contributed by atoms with Gasteiger partial charge in [0.2, 0.25) is 0 Å². The molecule has 5 heteroatoms. The first-order chi connectivity index (χ1) is 9.54. The molecule has 0 fully saturated rings. The standard InChI is InChI=1S/C15H12FN3O/c1-9-7-14(11-3-5-12(16)6-4-11)17-15-8-13(10(2)20)18-19(9)15/h3-8H,1-2H3. The van der Waals surface area contributed by atoms with E-state index in [4.69, 9.17) is 0 Å². The van der Waals surface area contributed by atoms with Crippen molar-refractivity contribution < 1.29 is 9.18 Å². The molecule has 4 nitrogen and oxygen atoms in total. The number of benzene rings is 1. The van der Waals surface area contributed by atoms with Gasteiger partial charge in [0.25, 0.3) is 0 Å². The first kappa shape index (κ1) is 12.5. The maximum absolute atomic E-state index is 13.0. The van der Waals surface area contributed by atoms with Gasteiger partial charge in [0.15, 0.2) is 11.4 Å². The Kier molecular flexibility index (Phi) is 2.82. The fourth-order valence-electron chi connectivity index (χ4n) is 2.07. The molecule has 2 aromatic heterocycles. The molecule has 0 radical (unpaired) electrons. The van der Waals surface area contributed by atoms with Crippen molar-refractivity contribution in [3.05, 3.63) is 53.6 Å². The number of carbonyl (C=O) groups is 1. The van der Waals surface area contributed by atoms with Gasteiger partial charge in [0.1, 0.15) is 11.5 Å². The van der Waals surface area contributed by atoms with Crippen LogP contribution in [0.1, 0.15) is 23.1 Å². The maximum Gasteiger partial charge on any atom is 0.180 e. The van der Waals surface area contributed by atoms with Crippen molar-refractivity contribution in [1.82, 2.24) is 14.6 Å². The fraction of sp³-hybridized carbons (Fsp3) is 0.133. The summed E-state index contributed by atoms with van der Waals surface area (Å²) in [6, 6.07) is 9.66. The second kappa shape index (κ2) is 4.52. The molecule has 0 amide bonds. The Labute approximate surface area is 114 Å². The number of aromatic nitrogens is 3. The Bertz CT molecular complexity index is 806. The van der Waals surface area contributed by atoms with Gasteiger partial charge in [0, 0.05) is 24.2 Å². The SMILES string of the molecule is CC(=O)c1cc2nc(-c3ccc(F)cc3)cc(C)n2n1. The number of rotatable bonds is 2. The molecule has 0 spiro atoms. The quantitative estimate of drug-likeness (QED) is 0.672. The topological polar surface area (TPSA) is 47.3 Å². The third-order valence-corrected chi connectivity index (χ3v) is 3.11. The monoisotopic (exact) mass is 269 g/mol. The lowest BCUT2D eigenvalue weighted by Crippen LogP contribution is -1.99. The number of carbonyl (C=O) groups excluding carboxylic acids is 1. The minimum atomic E-state index is -0.283. The minimum absolute atomic E-state index is 0.0989. The summed E-state index contributed by atoms with van der Waals surface area (Å²) in [5, 5.41) is 4.21. The van der Waals surface area contributed by atoms with E-state index < -0.39 is 0 Å². The van der Waals surface area contributed by atoms with Gasteiger partial charge in [-0.05, 0) is 37.3 Å². The Balaban J connectivity index is 2.18. The molecule has 2 heterocycles. The van der Waals surface area contributed by atoms with Crippen LogP contribution in [0.2, 0.25) is 0 Å². The summed E-state index contributed by atoms with van der Waals surface area (Å²) in [6.07, 6.45) is 0. The normalized spacial score (nSPS) is 10.9. The summed E-state index contributed by atoms with van der Waals surface area (Å²) in [7, 11) is 0. The third kappa shape index (κ3) is 2.07. The zero-order valence-corrected chi connectivity index (χ0v) is 11.1. The highest BCUT2D eigenvalue weighted by Crippen LogP contribution is 2.20. The molecule has 0 saturated carbocycles. The molecule has 0 bridgehead atoms. The van der Waals surface area contributed by atoms with E-state index in [0.717, 1.165) is 17.0 Å². The Morgan fingerprint density at radius 2 is 1.90 bits per heavy atom. The van der Waals surface area contributed by atoms with E-state index >= 15 is 0 Å². The molecule has 3 aromatic rings. The van der Waals surface area contributed by atoms with E-state index in [0.29, 0.717) is 11.3 Å². The summed E-state index contributed by atoms with van der Waals surface area (Å²) < 4.78 is 14.6. The second-order valence-corrected chi connectivity index (χ2v) is 4.65. The molecule has 0 aliphatic heterocycles. The van der Waals surface area contributed by atoms with E-state index in [1.807, 2.05) is 13.0 Å². The number of Topliss-reactive ketones (excluding diaryl/α,β-unsaturated/α-hetero) is 1. The van der Waals surface area contributed by atoms with Crippen LogP contribution in [-0.2, 0) is 0 Å². The van der Waals surface area contributed by atoms with Gasteiger partial charge in [-0.25, -0.2) is 13.9 Å². The molecule has 20 heavy (non-hydrogen) atoms. The van der Waals surface area contributed by atoms with Crippen molar-refractivity contribution in [2.45, 2.75) is 13.8 Å². The number of aryl methyl sites for hydroxylation is 1. The van der Waals surface area contributed by atoms with Crippen LogP contribution in [-0.4, -0.2) is 20.4 Å². The van der Waals surface area contributed by atoms with Crippen molar-refractivity contribution >= 4 is 11.4 Å². The summed E-state index contributed by atoms with van der Waals surface area (Å²) in [5.41, 5.74) is 3.40. The van der Waals surface area contributed by atoms with Crippen LogP contribution in [0.5, 0.6) is 0 Å². The zero-order chi connectivity index (χ0) is 14.3. The number of hydrogen-bond donors (Lipinski definition) is 0. The summed E-state index contributed by atoms with van der Waals surface area (Å²) in [4.78, 5) is 15.8. The van der Waals surface area contributed by atoms with Crippen LogP contribution < -0.4 is 0 Å². The maximum atomic E-state index is 13.0. The second-order valence-electron chi connectivity index (χ2n) is 4.65. The average molecular weight is 269 g/mol. The van der Waals surface area contributed by atoms with E-state index in [2.05, 4.69) is 10.1 Å². The van der Waals surface area contributed by atoms with E-state index in [9.17, 15) is 9.18 Å². The Morgan fingerprint density at radius 1 is 1.20 bits per heavy atom. The van der Waals surface area contributed by atoms with Crippen molar-refractivity contribution in [3.8, 4) is 11.3 Å². The van der Waals surface area contributed by atoms with Gasteiger partial charge in [0.05, 0.1) is 5.69 Å². The van der Waals surface area contributed by atoms with Crippen molar-refractivity contribution in [1.29, 1.82) is 0 Å². The Morgan fingerprint density at radius 3 is 2.55 bits per heavy atom. The fourth-order valence-corrected chi connectivity index (χ4v) is 2.07. The number of hydrogen-bond acceptors (Lipinski definition) is 3. The highest BCUT2D eigenvalue weighted by molar-refractivity contribution is 5.93. The average Bonchev–Trinajstić information content (AvgIpc) is 2.84. The number of ketones is 1. The van der Waals surface area contributed by atoms with Crippen molar-refractivity contribution in [2.75, 3.05) is 0 Å². The van der Waals surface area contributed by atoms with E-state index in [1.165, 1.54) is 19.1 Å². The third-order valence-electron chi connectivity index (χ3n) is 3.11. The lowest BCUT2D eigenvalue weighted by atomic mass is 10.1. The highest BCUT2D eigenvalue weighted by atomic mass is 19.1. The molecule has 0 aliphatic carbocycles. The predicted octanol–water partition coefficient (Wildman–Crippen LogP) is 3.05. The van der Waals surface area contributed by atoms with Gasteiger partial charge in [-0.15, -0.1) is 0 Å². The van der Waals surface area contributed by atoms with Crippen LogP contribution in [0.3, 0.4) is 0 Å². The molecule has 0 unspecified atom stereocenters. The molecule has 3 rings (SSSR count). The lowest BCUT2D eigenvalue weighted by Gasteiger charge is -2.04. The van der Waals surface area contributed by atoms with Crippen LogP contribution in [0.15, 0.2) is 36.4 Å². The highest BCUT2D eigenvalue weighted by Gasteiger charge is 2.10. The van der Waals surface area contributed by atoms with Gasteiger partial charge < -0.3 is 0 Å². The number of fused-ring (bicyclic) bond motifs is 1. The van der Waals surface area contributed by atoms with Crippen molar-refractivity contribution in [3.63, 3.8) is 0 Å². The van der Waals surface area contributed by atoms with Crippen LogP contribution in [0.25, 0.3) is 16.9 Å². The van der Waals surface area contributed by atoms with Gasteiger partial charge in [-0.3, -0.25) is 4.79 Å². The number of nitrogens with zero attached hydrogens (tertiary/aromatic N) is 3. The molecular formula is C15H12FN3O. The van der Waals surface area contributed by atoms with Crippen molar-refractivity contribution in [2.24, 2.45) is 0 Å². The molecule has 0 saturated heterocycles.